The molecule has 2 amide bonds. The molecule has 2 aromatic heterocycles. The van der Waals surface area contributed by atoms with Crippen molar-refractivity contribution in [2.75, 3.05) is 0 Å². The van der Waals surface area contributed by atoms with Crippen LogP contribution in [0.5, 0.6) is 0 Å². The normalized spacial score (nSPS) is 9.97. The summed E-state index contributed by atoms with van der Waals surface area (Å²) >= 11 is 0. The predicted molar refractivity (Wildman–Crippen MR) is 120 cm³/mol. The minimum Gasteiger partial charge on any atom is -0.445 e. The number of carbonyl (C=O) groups is 2. The number of carbonyl (C=O) groups excluding carboxylic acids is 2. The fraction of sp³-hybridized carbons (Fsp3) is 0.238. The molecule has 0 aliphatic rings. The van der Waals surface area contributed by atoms with Crippen molar-refractivity contribution in [2.24, 2.45) is 7.05 Å². The van der Waals surface area contributed by atoms with E-state index in [1.54, 1.807) is 7.05 Å². The maximum Gasteiger partial charge on any atom is 0.407 e. The van der Waals surface area contributed by atoms with Crippen LogP contribution < -0.4 is 10.6 Å². The Balaban J connectivity index is 0.000000196. The molecule has 14 heteroatoms. The molecule has 4 aromatic rings. The maximum absolute atomic E-state index is 11.4. The number of amides is 2. The molecule has 0 radical (unpaired) electrons. The molecule has 14 nitrogen and oxygen atoms in total. The van der Waals surface area contributed by atoms with Crippen LogP contribution in [0.15, 0.2) is 60.7 Å². The van der Waals surface area contributed by atoms with E-state index in [4.69, 9.17) is 9.47 Å². The third kappa shape index (κ3) is 9.65. The molecule has 0 unspecified atom stereocenters. The van der Waals surface area contributed by atoms with Crippen LogP contribution in [-0.2, 0) is 42.8 Å². The van der Waals surface area contributed by atoms with Gasteiger partial charge in [-0.25, -0.2) is 9.59 Å². The Morgan fingerprint density at radius 1 is 0.829 bits per heavy atom. The molecule has 2 heterocycles. The summed E-state index contributed by atoms with van der Waals surface area (Å²) in [5.41, 5.74) is 1.87. The van der Waals surface area contributed by atoms with Crippen molar-refractivity contribution in [1.29, 1.82) is 0 Å². The second kappa shape index (κ2) is 13.6. The smallest absolute Gasteiger partial charge is 0.407 e. The van der Waals surface area contributed by atoms with Crippen molar-refractivity contribution in [3.05, 3.63) is 83.4 Å². The molecule has 0 aliphatic heterocycles. The van der Waals surface area contributed by atoms with Crippen molar-refractivity contribution in [1.82, 2.24) is 51.5 Å². The number of tetrazole rings is 2. The second-order valence-corrected chi connectivity index (χ2v) is 6.85. The van der Waals surface area contributed by atoms with Gasteiger partial charge in [-0.3, -0.25) is 0 Å². The van der Waals surface area contributed by atoms with E-state index in [1.165, 1.54) is 4.80 Å². The molecule has 0 aliphatic carbocycles. The van der Waals surface area contributed by atoms with E-state index in [1.807, 2.05) is 60.7 Å². The molecular weight excluding hydrogens is 456 g/mol. The van der Waals surface area contributed by atoms with Gasteiger partial charge in [0.15, 0.2) is 11.6 Å². The molecule has 182 valence electrons. The highest BCUT2D eigenvalue weighted by Crippen LogP contribution is 2.01. The highest BCUT2D eigenvalue weighted by molar-refractivity contribution is 5.67. The van der Waals surface area contributed by atoms with Crippen LogP contribution in [0, 0.1) is 0 Å². The van der Waals surface area contributed by atoms with Gasteiger partial charge in [-0.2, -0.15) is 10.0 Å². The number of H-pyrrole nitrogens is 1. The second-order valence-electron chi connectivity index (χ2n) is 6.85. The van der Waals surface area contributed by atoms with E-state index in [0.717, 1.165) is 11.1 Å². The Hall–Kier alpha value is -4.88. The first-order valence-electron chi connectivity index (χ1n) is 10.4. The number of alkyl carbamates (subject to hydrolysis) is 2. The molecular formula is C21H24N10O4. The van der Waals surface area contributed by atoms with Crippen molar-refractivity contribution in [3.8, 4) is 0 Å². The van der Waals surface area contributed by atoms with Gasteiger partial charge in [-0.05, 0) is 16.3 Å². The van der Waals surface area contributed by atoms with Crippen LogP contribution in [0.2, 0.25) is 0 Å². The number of aromatic nitrogens is 8. The van der Waals surface area contributed by atoms with Crippen LogP contribution in [-0.4, -0.2) is 53.0 Å². The van der Waals surface area contributed by atoms with Crippen molar-refractivity contribution >= 4 is 12.2 Å². The SMILES string of the molecule is Cn1nnc(CNC(=O)OCc2ccccc2)n1.O=C(NCc1nn[nH]n1)OCc1ccccc1. The highest BCUT2D eigenvalue weighted by atomic mass is 16.6. The minimum atomic E-state index is -0.515. The summed E-state index contributed by atoms with van der Waals surface area (Å²) in [6.45, 7) is 0.852. The molecule has 4 rings (SSSR count). The Labute approximate surface area is 200 Å². The van der Waals surface area contributed by atoms with E-state index in [0.29, 0.717) is 11.6 Å². The van der Waals surface area contributed by atoms with Gasteiger partial charge in [0.2, 0.25) is 0 Å². The molecule has 0 saturated carbocycles. The van der Waals surface area contributed by atoms with Gasteiger partial charge in [0.05, 0.1) is 20.1 Å². The largest absolute Gasteiger partial charge is 0.445 e. The third-order valence-electron chi connectivity index (χ3n) is 4.15. The fourth-order valence-electron chi connectivity index (χ4n) is 2.50. The number of rotatable bonds is 8. The van der Waals surface area contributed by atoms with Crippen LogP contribution in [0.1, 0.15) is 22.8 Å². The number of nitrogens with zero attached hydrogens (tertiary/aromatic N) is 7. The number of aryl methyl sites for hydroxylation is 1. The number of ether oxygens (including phenoxy) is 2. The number of benzene rings is 2. The molecule has 0 fully saturated rings. The number of aromatic amines is 1. The van der Waals surface area contributed by atoms with Gasteiger partial charge in [-0.15, -0.1) is 20.4 Å². The van der Waals surface area contributed by atoms with Crippen molar-refractivity contribution in [3.63, 3.8) is 0 Å². The van der Waals surface area contributed by atoms with Gasteiger partial charge < -0.3 is 20.1 Å². The Kier molecular flexibility index (Phi) is 9.63. The van der Waals surface area contributed by atoms with Crippen LogP contribution >= 0.6 is 0 Å². The van der Waals surface area contributed by atoms with Gasteiger partial charge in [-0.1, -0.05) is 65.9 Å². The summed E-state index contributed by atoms with van der Waals surface area (Å²) < 4.78 is 10.0. The summed E-state index contributed by atoms with van der Waals surface area (Å²) in [5, 5.41) is 29.4. The van der Waals surface area contributed by atoms with Crippen molar-refractivity contribution < 1.29 is 19.1 Å². The van der Waals surface area contributed by atoms with E-state index >= 15 is 0 Å². The lowest BCUT2D eigenvalue weighted by atomic mass is 10.2. The predicted octanol–water partition coefficient (Wildman–Crippen LogP) is 1.26. The highest BCUT2D eigenvalue weighted by Gasteiger charge is 2.06. The van der Waals surface area contributed by atoms with E-state index in [-0.39, 0.29) is 26.3 Å². The number of hydrogen-bond acceptors (Lipinski definition) is 10. The molecule has 0 saturated heterocycles. The standard InChI is InChI=1S/C11H13N5O2.C10H11N5O2/c1-16-14-10(13-15-16)7-12-11(17)18-8-9-5-3-2-4-6-9;16-10(11-6-9-12-14-15-13-9)17-7-8-4-2-1-3-5-8/h2-6H,7-8H2,1H3,(H,12,17);1-5H,6-7H2,(H,11,16)(H,12,13,14,15). The van der Waals surface area contributed by atoms with Gasteiger partial charge in [0.1, 0.15) is 13.2 Å². The summed E-state index contributed by atoms with van der Waals surface area (Å²) in [7, 11) is 1.66. The first kappa shape index (κ1) is 24.8. The van der Waals surface area contributed by atoms with Gasteiger partial charge >= 0.3 is 12.2 Å². The monoisotopic (exact) mass is 480 g/mol. The zero-order valence-corrected chi connectivity index (χ0v) is 18.9. The van der Waals surface area contributed by atoms with Crippen molar-refractivity contribution in [2.45, 2.75) is 26.3 Å². The zero-order valence-electron chi connectivity index (χ0n) is 18.9. The lowest BCUT2D eigenvalue weighted by molar-refractivity contribution is 0.138. The minimum absolute atomic E-state index is 0.185. The number of nitrogens with one attached hydrogen (secondary N) is 3. The average Bonchev–Trinajstić information content (AvgIpc) is 3.57. The Morgan fingerprint density at radius 2 is 1.37 bits per heavy atom. The molecule has 0 spiro atoms. The summed E-state index contributed by atoms with van der Waals surface area (Å²) in [6, 6.07) is 18.9. The van der Waals surface area contributed by atoms with Crippen LogP contribution in [0.25, 0.3) is 0 Å². The van der Waals surface area contributed by atoms with Crippen LogP contribution in [0.3, 0.4) is 0 Å². The fourth-order valence-corrected chi connectivity index (χ4v) is 2.50. The maximum atomic E-state index is 11.4. The van der Waals surface area contributed by atoms with E-state index < -0.39 is 12.2 Å². The molecule has 3 N–H and O–H groups in total. The zero-order chi connectivity index (χ0) is 24.7. The molecule has 0 bridgehead atoms. The molecule has 0 atom stereocenters. The summed E-state index contributed by atoms with van der Waals surface area (Å²) in [6.07, 6.45) is -1.02. The molecule has 35 heavy (non-hydrogen) atoms. The summed E-state index contributed by atoms with van der Waals surface area (Å²) in [4.78, 5) is 24.0. The molecule has 2 aromatic carbocycles. The summed E-state index contributed by atoms with van der Waals surface area (Å²) in [5.74, 6) is 0.843. The lowest BCUT2D eigenvalue weighted by Gasteiger charge is -2.05. The Bertz CT molecular complexity index is 1150. The van der Waals surface area contributed by atoms with Gasteiger partial charge in [0.25, 0.3) is 0 Å². The van der Waals surface area contributed by atoms with Crippen LogP contribution in [0.4, 0.5) is 9.59 Å². The quantitative estimate of drug-likeness (QED) is 0.333. The van der Waals surface area contributed by atoms with E-state index in [2.05, 4.69) is 46.7 Å². The number of hydrogen-bond donors (Lipinski definition) is 3. The third-order valence-corrected chi connectivity index (χ3v) is 4.15. The average molecular weight is 480 g/mol. The topological polar surface area (TPSA) is 175 Å². The van der Waals surface area contributed by atoms with E-state index in [9.17, 15) is 9.59 Å². The van der Waals surface area contributed by atoms with Gasteiger partial charge in [0, 0.05) is 0 Å². The first-order chi connectivity index (χ1) is 17.1. The first-order valence-corrected chi connectivity index (χ1v) is 10.4. The Morgan fingerprint density at radius 3 is 1.83 bits per heavy atom. The lowest BCUT2D eigenvalue weighted by Crippen LogP contribution is -2.24.